The van der Waals surface area contributed by atoms with Crippen molar-refractivity contribution in [1.29, 1.82) is 0 Å². The van der Waals surface area contributed by atoms with Crippen LogP contribution in [0.5, 0.6) is 0 Å². The number of amides is 4. The van der Waals surface area contributed by atoms with Gasteiger partial charge in [0.2, 0.25) is 11.8 Å². The third-order valence-electron chi connectivity index (χ3n) is 5.91. The fourth-order valence-electron chi connectivity index (χ4n) is 4.06. The highest BCUT2D eigenvalue weighted by molar-refractivity contribution is 6.40. The van der Waals surface area contributed by atoms with Crippen LogP contribution < -0.4 is 21.3 Å². The van der Waals surface area contributed by atoms with Crippen molar-refractivity contribution < 1.29 is 42.3 Å². The first-order chi connectivity index (χ1) is 17.6. The second kappa shape index (κ2) is 12.9. The molecule has 5 N–H and O–H groups in total. The maximum Gasteiger partial charge on any atom is 0.418 e. The van der Waals surface area contributed by atoms with Crippen LogP contribution in [0.3, 0.4) is 0 Å². The third kappa shape index (κ3) is 9.12. The molecule has 3 atom stereocenters. The lowest BCUT2D eigenvalue weighted by Gasteiger charge is -2.29. The number of aliphatic hydroxyl groups is 1. The summed E-state index contributed by atoms with van der Waals surface area (Å²) in [5.74, 6) is -5.21. The minimum absolute atomic E-state index is 0.000934. The van der Waals surface area contributed by atoms with E-state index in [0.717, 1.165) is 18.2 Å². The van der Waals surface area contributed by atoms with Gasteiger partial charge in [-0.15, -0.1) is 0 Å². The van der Waals surface area contributed by atoms with E-state index in [0.29, 0.717) is 19.4 Å². The summed E-state index contributed by atoms with van der Waals surface area (Å²) in [6.45, 7) is 4.86. The molecule has 1 aromatic rings. The fraction of sp³-hybridized carbons (Fsp3) is 0.560. The van der Waals surface area contributed by atoms with Gasteiger partial charge in [0.15, 0.2) is 5.78 Å². The monoisotopic (exact) mass is 542 g/mol. The van der Waals surface area contributed by atoms with E-state index in [1.54, 1.807) is 20.8 Å². The van der Waals surface area contributed by atoms with E-state index in [4.69, 9.17) is 0 Å². The van der Waals surface area contributed by atoms with E-state index in [1.807, 2.05) is 5.32 Å². The molecule has 0 saturated carbocycles. The van der Waals surface area contributed by atoms with E-state index < -0.39 is 71.0 Å². The minimum atomic E-state index is -4.78. The number of nitrogens with one attached hydrogen (secondary N) is 4. The molecule has 1 heterocycles. The Morgan fingerprint density at radius 2 is 1.71 bits per heavy atom. The molecule has 4 amide bonds. The first-order valence-electron chi connectivity index (χ1n) is 12.1. The summed E-state index contributed by atoms with van der Waals surface area (Å²) in [5.41, 5.74) is -2.34. The van der Waals surface area contributed by atoms with Gasteiger partial charge >= 0.3 is 18.0 Å². The molecule has 13 heteroatoms. The van der Waals surface area contributed by atoms with E-state index in [1.165, 1.54) is 6.07 Å². The Kier molecular flexibility index (Phi) is 10.4. The predicted molar refractivity (Wildman–Crippen MR) is 130 cm³/mol. The van der Waals surface area contributed by atoms with Crippen LogP contribution in [0.4, 0.5) is 18.9 Å². The molecule has 0 unspecified atom stereocenters. The maximum absolute atomic E-state index is 13.2. The lowest BCUT2D eigenvalue weighted by atomic mass is 9.87. The van der Waals surface area contributed by atoms with E-state index in [9.17, 15) is 42.3 Å². The fourth-order valence-corrected chi connectivity index (χ4v) is 4.06. The number of rotatable bonds is 9. The van der Waals surface area contributed by atoms with Gasteiger partial charge in [0.05, 0.1) is 17.3 Å². The number of alkyl halides is 3. The van der Waals surface area contributed by atoms with Crippen LogP contribution in [-0.2, 0) is 30.1 Å². The summed E-state index contributed by atoms with van der Waals surface area (Å²) in [6, 6.07) is 1.54. The largest absolute Gasteiger partial charge is 0.418 e. The number of Topliss-reactive ketones (excluding diaryl/α,β-unsaturated/α-hetero) is 1. The Morgan fingerprint density at radius 3 is 2.29 bits per heavy atom. The van der Waals surface area contributed by atoms with Crippen molar-refractivity contribution >= 4 is 35.1 Å². The van der Waals surface area contributed by atoms with E-state index in [2.05, 4.69) is 16.0 Å². The number of benzene rings is 1. The summed E-state index contributed by atoms with van der Waals surface area (Å²) in [7, 11) is 0. The molecule has 0 bridgehead atoms. The molecule has 2 rings (SSSR count). The molecule has 0 aromatic heterocycles. The zero-order chi connectivity index (χ0) is 28.7. The second-order valence-corrected chi connectivity index (χ2v) is 10.3. The van der Waals surface area contributed by atoms with Gasteiger partial charge in [0.25, 0.3) is 0 Å². The molecular formula is C25H33F3N4O6. The summed E-state index contributed by atoms with van der Waals surface area (Å²) in [5, 5.41) is 18.7. The van der Waals surface area contributed by atoms with Crippen LogP contribution in [0.25, 0.3) is 0 Å². The smallest absolute Gasteiger partial charge is 0.389 e. The lowest BCUT2D eigenvalue weighted by molar-refractivity contribution is -0.139. The highest BCUT2D eigenvalue weighted by atomic mass is 19.4. The topological polar surface area (TPSA) is 154 Å². The van der Waals surface area contributed by atoms with Gasteiger partial charge in [0, 0.05) is 12.5 Å². The van der Waals surface area contributed by atoms with Crippen molar-refractivity contribution in [1.82, 2.24) is 16.0 Å². The Balaban J connectivity index is 2.18. The number of piperidine rings is 1. The summed E-state index contributed by atoms with van der Waals surface area (Å²) in [6.07, 6.45) is -3.68. The first-order valence-corrected chi connectivity index (χ1v) is 12.1. The van der Waals surface area contributed by atoms with Crippen LogP contribution >= 0.6 is 0 Å². The van der Waals surface area contributed by atoms with Gasteiger partial charge < -0.3 is 26.4 Å². The quantitative estimate of drug-likeness (QED) is 0.298. The number of halogens is 3. The Bertz CT molecular complexity index is 1050. The molecule has 1 saturated heterocycles. The SMILES string of the molecule is CC(C)(C)C[C@H](NC(=O)C(=O)Nc1ccccc1C(F)(F)F)C(=O)N[C@H](C[C@@H]1CCCNC1=O)C(=O)CO. The van der Waals surface area contributed by atoms with Crippen LogP contribution in [-0.4, -0.2) is 59.8 Å². The molecule has 0 spiro atoms. The van der Waals surface area contributed by atoms with Crippen molar-refractivity contribution in [3.05, 3.63) is 29.8 Å². The minimum Gasteiger partial charge on any atom is -0.389 e. The van der Waals surface area contributed by atoms with Gasteiger partial charge in [-0.1, -0.05) is 32.9 Å². The number of anilines is 1. The standard InChI is InChI=1S/C25H33F3N4O6/c1-24(2,3)12-18(21(36)31-17(19(34)13-33)11-14-7-6-10-29-20(14)35)32-23(38)22(37)30-16-9-5-4-8-15(16)25(26,27)28/h4-5,8-9,14,17-18,33H,6-7,10-13H2,1-3H3,(H,29,35)(H,30,37)(H,31,36)(H,32,38)/t14-,17+,18-/m0/s1. The number of aliphatic hydroxyl groups excluding tert-OH is 1. The second-order valence-electron chi connectivity index (χ2n) is 10.3. The first kappa shape index (κ1) is 30.7. The predicted octanol–water partition coefficient (Wildman–Crippen LogP) is 1.53. The van der Waals surface area contributed by atoms with Crippen LogP contribution in [0.1, 0.15) is 52.0 Å². The zero-order valence-corrected chi connectivity index (χ0v) is 21.4. The molecule has 0 radical (unpaired) electrons. The highest BCUT2D eigenvalue weighted by Gasteiger charge is 2.36. The van der Waals surface area contributed by atoms with E-state index >= 15 is 0 Å². The van der Waals surface area contributed by atoms with Gasteiger partial charge in [-0.2, -0.15) is 13.2 Å². The molecule has 0 aliphatic carbocycles. The Morgan fingerprint density at radius 1 is 1.05 bits per heavy atom. The van der Waals surface area contributed by atoms with Gasteiger partial charge in [-0.25, -0.2) is 0 Å². The molecule has 1 aliphatic heterocycles. The van der Waals surface area contributed by atoms with Crippen molar-refractivity contribution in [3.63, 3.8) is 0 Å². The van der Waals surface area contributed by atoms with Gasteiger partial charge in [-0.05, 0) is 43.2 Å². The summed E-state index contributed by atoms with van der Waals surface area (Å²) >= 11 is 0. The molecule has 10 nitrogen and oxygen atoms in total. The lowest BCUT2D eigenvalue weighted by Crippen LogP contribution is -2.55. The van der Waals surface area contributed by atoms with Gasteiger partial charge in [0.1, 0.15) is 12.6 Å². The van der Waals surface area contributed by atoms with Crippen molar-refractivity contribution in [3.8, 4) is 0 Å². The average Bonchev–Trinajstić information content (AvgIpc) is 2.82. The Labute approximate surface area is 218 Å². The molecular weight excluding hydrogens is 509 g/mol. The van der Waals surface area contributed by atoms with Crippen LogP contribution in [0.15, 0.2) is 24.3 Å². The number of carbonyl (C=O) groups is 5. The average molecular weight is 543 g/mol. The zero-order valence-electron chi connectivity index (χ0n) is 21.4. The number of para-hydroxylation sites is 1. The van der Waals surface area contributed by atoms with E-state index in [-0.39, 0.29) is 18.7 Å². The number of hydrogen-bond acceptors (Lipinski definition) is 6. The molecule has 38 heavy (non-hydrogen) atoms. The maximum atomic E-state index is 13.2. The van der Waals surface area contributed by atoms with Crippen LogP contribution in [0, 0.1) is 11.3 Å². The van der Waals surface area contributed by atoms with Crippen molar-refractivity contribution in [2.75, 3.05) is 18.5 Å². The number of ketones is 1. The molecule has 1 aromatic carbocycles. The van der Waals surface area contributed by atoms with Gasteiger partial charge in [-0.3, -0.25) is 24.0 Å². The summed E-state index contributed by atoms with van der Waals surface area (Å²) < 4.78 is 39.7. The van der Waals surface area contributed by atoms with Crippen molar-refractivity contribution in [2.45, 2.75) is 64.7 Å². The number of hydrogen-bond donors (Lipinski definition) is 5. The van der Waals surface area contributed by atoms with Crippen LogP contribution in [0.2, 0.25) is 0 Å². The normalized spacial score (nSPS) is 17.6. The highest BCUT2D eigenvalue weighted by Crippen LogP contribution is 2.34. The molecule has 1 aliphatic rings. The molecule has 1 fully saturated rings. The Hall–Kier alpha value is -3.48. The third-order valence-corrected chi connectivity index (χ3v) is 5.91. The van der Waals surface area contributed by atoms with Crippen molar-refractivity contribution in [2.24, 2.45) is 11.3 Å². The molecule has 210 valence electrons. The number of carbonyl (C=O) groups excluding carboxylic acids is 5. The summed E-state index contributed by atoms with van der Waals surface area (Å²) in [4.78, 5) is 62.7.